The van der Waals surface area contributed by atoms with E-state index in [1.807, 2.05) is 31.2 Å². The highest BCUT2D eigenvalue weighted by Gasteiger charge is 2.22. The van der Waals surface area contributed by atoms with Crippen LogP contribution in [-0.4, -0.2) is 36.7 Å². The zero-order valence-corrected chi connectivity index (χ0v) is 11.3. The smallest absolute Gasteiger partial charge is 0.254 e. The maximum atomic E-state index is 12.2. The van der Waals surface area contributed by atoms with Gasteiger partial charge in [-0.2, -0.15) is 0 Å². The summed E-state index contributed by atoms with van der Waals surface area (Å²) in [4.78, 5) is 16.6. The molecule has 2 heterocycles. The molecule has 0 saturated carbocycles. The molecule has 0 unspecified atom stereocenters. The number of ether oxygens (including phenoxy) is 1. The molecule has 0 radical (unpaired) electrons. The fourth-order valence-corrected chi connectivity index (χ4v) is 2.37. The normalized spacial score (nSPS) is 18.9. The van der Waals surface area contributed by atoms with E-state index in [0.717, 1.165) is 28.7 Å². The Hall–Kier alpha value is -1.98. The predicted molar refractivity (Wildman–Crippen MR) is 77.7 cm³/mol. The van der Waals surface area contributed by atoms with Crippen molar-refractivity contribution in [2.75, 3.05) is 25.0 Å². The van der Waals surface area contributed by atoms with Crippen molar-refractivity contribution in [1.29, 1.82) is 0 Å². The molecule has 1 amide bonds. The van der Waals surface area contributed by atoms with Gasteiger partial charge in [-0.15, -0.1) is 0 Å². The molecule has 1 saturated heterocycles. The summed E-state index contributed by atoms with van der Waals surface area (Å²) in [5, 5.41) is 7.04. The molecule has 1 fully saturated rings. The SMILES string of the molecule is Cc1ccc(NC(=O)[C@H]2CNCCO2)c2cccnc12. The summed E-state index contributed by atoms with van der Waals surface area (Å²) in [5.74, 6) is -0.119. The Morgan fingerprint density at radius 2 is 2.35 bits per heavy atom. The van der Waals surface area contributed by atoms with Gasteiger partial charge < -0.3 is 15.4 Å². The van der Waals surface area contributed by atoms with Crippen molar-refractivity contribution >= 4 is 22.5 Å². The fourth-order valence-electron chi connectivity index (χ4n) is 2.37. The Labute approximate surface area is 117 Å². The van der Waals surface area contributed by atoms with Crippen LogP contribution >= 0.6 is 0 Å². The molecule has 2 aromatic rings. The number of amides is 1. The largest absolute Gasteiger partial charge is 0.366 e. The third-order valence-electron chi connectivity index (χ3n) is 3.45. The Kier molecular flexibility index (Phi) is 3.62. The minimum atomic E-state index is -0.434. The number of hydrogen-bond acceptors (Lipinski definition) is 4. The number of fused-ring (bicyclic) bond motifs is 1. The summed E-state index contributed by atoms with van der Waals surface area (Å²) >= 11 is 0. The van der Waals surface area contributed by atoms with E-state index in [1.165, 1.54) is 0 Å². The van der Waals surface area contributed by atoms with Crippen LogP contribution in [0.5, 0.6) is 0 Å². The lowest BCUT2D eigenvalue weighted by Gasteiger charge is -2.23. The maximum absolute atomic E-state index is 12.2. The first-order valence-corrected chi connectivity index (χ1v) is 6.73. The molecule has 2 N–H and O–H groups in total. The first kappa shape index (κ1) is 13.0. The van der Waals surface area contributed by atoms with E-state index in [0.29, 0.717) is 13.2 Å². The number of rotatable bonds is 2. The first-order chi connectivity index (χ1) is 9.75. The average Bonchev–Trinajstić information content (AvgIpc) is 2.51. The van der Waals surface area contributed by atoms with Crippen molar-refractivity contribution in [3.05, 3.63) is 36.0 Å². The second-order valence-corrected chi connectivity index (χ2v) is 4.88. The molecule has 1 aliphatic heterocycles. The molecule has 0 bridgehead atoms. The van der Waals surface area contributed by atoms with Gasteiger partial charge in [0.15, 0.2) is 0 Å². The lowest BCUT2D eigenvalue weighted by atomic mass is 10.1. The molecule has 1 aromatic carbocycles. The summed E-state index contributed by atoms with van der Waals surface area (Å²) < 4.78 is 5.46. The summed E-state index contributed by atoms with van der Waals surface area (Å²) in [5.41, 5.74) is 2.78. The molecule has 104 valence electrons. The van der Waals surface area contributed by atoms with Crippen LogP contribution in [0.4, 0.5) is 5.69 Å². The highest BCUT2D eigenvalue weighted by Crippen LogP contribution is 2.24. The standard InChI is InChI=1S/C15H17N3O2/c1-10-4-5-12(11-3-2-6-17-14(10)11)18-15(19)13-9-16-7-8-20-13/h2-6,13,16H,7-9H2,1H3,(H,18,19)/t13-/m1/s1. The van der Waals surface area contributed by atoms with Crippen molar-refractivity contribution in [3.8, 4) is 0 Å². The predicted octanol–water partition coefficient (Wildman–Crippen LogP) is 1.47. The van der Waals surface area contributed by atoms with Gasteiger partial charge in [0.25, 0.3) is 5.91 Å². The molecule has 5 nitrogen and oxygen atoms in total. The molecular weight excluding hydrogens is 254 g/mol. The zero-order valence-electron chi connectivity index (χ0n) is 11.3. The van der Waals surface area contributed by atoms with Crippen LogP contribution in [0.25, 0.3) is 10.9 Å². The number of aromatic nitrogens is 1. The molecular formula is C15H17N3O2. The van der Waals surface area contributed by atoms with Gasteiger partial charge in [0.05, 0.1) is 17.8 Å². The van der Waals surface area contributed by atoms with Crippen LogP contribution in [0.3, 0.4) is 0 Å². The topological polar surface area (TPSA) is 63.2 Å². The molecule has 20 heavy (non-hydrogen) atoms. The fraction of sp³-hybridized carbons (Fsp3) is 0.333. The second-order valence-electron chi connectivity index (χ2n) is 4.88. The summed E-state index contributed by atoms with van der Waals surface area (Å²) in [6.45, 7) is 3.92. The van der Waals surface area contributed by atoms with Gasteiger partial charge >= 0.3 is 0 Å². The molecule has 0 aliphatic carbocycles. The van der Waals surface area contributed by atoms with Gasteiger partial charge in [0.1, 0.15) is 6.10 Å². The van der Waals surface area contributed by atoms with E-state index >= 15 is 0 Å². The van der Waals surface area contributed by atoms with Gasteiger partial charge in [-0.25, -0.2) is 0 Å². The molecule has 1 atom stereocenters. The van der Waals surface area contributed by atoms with Crippen molar-refractivity contribution in [2.24, 2.45) is 0 Å². The summed E-state index contributed by atoms with van der Waals surface area (Å²) in [6, 6.07) is 7.71. The van der Waals surface area contributed by atoms with Gasteiger partial charge in [-0.3, -0.25) is 9.78 Å². The number of nitrogens with one attached hydrogen (secondary N) is 2. The molecule has 1 aliphatic rings. The van der Waals surface area contributed by atoms with Crippen LogP contribution in [0, 0.1) is 6.92 Å². The Balaban J connectivity index is 1.87. The van der Waals surface area contributed by atoms with Crippen molar-refractivity contribution in [2.45, 2.75) is 13.0 Å². The van der Waals surface area contributed by atoms with Crippen LogP contribution in [-0.2, 0) is 9.53 Å². The van der Waals surface area contributed by atoms with Crippen LogP contribution in [0.2, 0.25) is 0 Å². The number of aryl methyl sites for hydroxylation is 1. The Bertz CT molecular complexity index is 636. The lowest BCUT2D eigenvalue weighted by Crippen LogP contribution is -2.45. The molecule has 5 heteroatoms. The minimum absolute atomic E-state index is 0.119. The van der Waals surface area contributed by atoms with Crippen molar-refractivity contribution in [3.63, 3.8) is 0 Å². The number of carbonyl (C=O) groups excluding carboxylic acids is 1. The van der Waals surface area contributed by atoms with Crippen LogP contribution < -0.4 is 10.6 Å². The molecule has 3 rings (SSSR count). The Morgan fingerprint density at radius 3 is 3.15 bits per heavy atom. The number of nitrogens with zero attached hydrogens (tertiary/aromatic N) is 1. The number of benzene rings is 1. The Morgan fingerprint density at radius 1 is 1.45 bits per heavy atom. The van der Waals surface area contributed by atoms with Gasteiger partial charge in [-0.1, -0.05) is 6.07 Å². The molecule has 0 spiro atoms. The number of carbonyl (C=O) groups is 1. The van der Waals surface area contributed by atoms with E-state index in [2.05, 4.69) is 15.6 Å². The second kappa shape index (κ2) is 5.56. The number of anilines is 1. The van der Waals surface area contributed by atoms with E-state index < -0.39 is 6.10 Å². The summed E-state index contributed by atoms with van der Waals surface area (Å²) in [7, 11) is 0. The lowest BCUT2D eigenvalue weighted by molar-refractivity contribution is -0.128. The van der Waals surface area contributed by atoms with E-state index in [9.17, 15) is 4.79 Å². The quantitative estimate of drug-likeness (QED) is 0.868. The number of pyridine rings is 1. The average molecular weight is 271 g/mol. The highest BCUT2D eigenvalue weighted by atomic mass is 16.5. The third-order valence-corrected chi connectivity index (χ3v) is 3.45. The monoisotopic (exact) mass is 271 g/mol. The maximum Gasteiger partial charge on any atom is 0.254 e. The minimum Gasteiger partial charge on any atom is -0.366 e. The van der Waals surface area contributed by atoms with Crippen molar-refractivity contribution in [1.82, 2.24) is 10.3 Å². The first-order valence-electron chi connectivity index (χ1n) is 6.73. The molecule has 1 aromatic heterocycles. The van der Waals surface area contributed by atoms with Gasteiger partial charge in [0.2, 0.25) is 0 Å². The van der Waals surface area contributed by atoms with Gasteiger partial charge in [0, 0.05) is 24.7 Å². The van der Waals surface area contributed by atoms with Crippen LogP contribution in [0.1, 0.15) is 5.56 Å². The van der Waals surface area contributed by atoms with E-state index in [-0.39, 0.29) is 5.91 Å². The number of hydrogen-bond donors (Lipinski definition) is 2. The van der Waals surface area contributed by atoms with Crippen LogP contribution in [0.15, 0.2) is 30.5 Å². The zero-order chi connectivity index (χ0) is 13.9. The summed E-state index contributed by atoms with van der Waals surface area (Å²) in [6.07, 6.45) is 1.33. The van der Waals surface area contributed by atoms with E-state index in [1.54, 1.807) is 6.20 Å². The van der Waals surface area contributed by atoms with E-state index in [4.69, 9.17) is 4.74 Å². The van der Waals surface area contributed by atoms with Crippen molar-refractivity contribution < 1.29 is 9.53 Å². The third kappa shape index (κ3) is 2.50. The highest BCUT2D eigenvalue weighted by molar-refractivity contribution is 6.03. The van der Waals surface area contributed by atoms with Gasteiger partial charge in [-0.05, 0) is 30.7 Å². The number of morpholine rings is 1.